The minimum atomic E-state index is 0.293. The Morgan fingerprint density at radius 3 is 2.67 bits per heavy atom. The molecule has 1 aliphatic rings. The van der Waals surface area contributed by atoms with E-state index < -0.39 is 0 Å². The van der Waals surface area contributed by atoms with E-state index in [1.807, 2.05) is 6.92 Å². The summed E-state index contributed by atoms with van der Waals surface area (Å²) >= 11 is 0. The summed E-state index contributed by atoms with van der Waals surface area (Å²) in [7, 11) is 0. The third-order valence-corrected chi connectivity index (χ3v) is 1.96. The summed E-state index contributed by atoms with van der Waals surface area (Å²) in [5.41, 5.74) is 0. The van der Waals surface area contributed by atoms with Crippen LogP contribution in [0.4, 0.5) is 0 Å². The van der Waals surface area contributed by atoms with E-state index in [-0.39, 0.29) is 0 Å². The molecule has 1 heterocycles. The number of hydrogen-bond donors (Lipinski definition) is 1. The Balaban J connectivity index is 2.44. The molecule has 1 saturated heterocycles. The standard InChI is InChI=1S/C7H13NO/c1-5-4-8-6(2)3-7(5)9/h5-6,8H,3-4H2,1-2H3/p+1/t5-,6-/m0/s1. The van der Waals surface area contributed by atoms with Crippen LogP contribution in [0.3, 0.4) is 0 Å². The zero-order chi connectivity index (χ0) is 6.85. The second-order valence-corrected chi connectivity index (χ2v) is 3.02. The molecule has 0 aliphatic carbocycles. The van der Waals surface area contributed by atoms with Gasteiger partial charge in [-0.1, -0.05) is 6.92 Å². The maximum Gasteiger partial charge on any atom is 0.147 e. The third kappa shape index (κ3) is 1.52. The Morgan fingerprint density at radius 1 is 1.56 bits per heavy atom. The molecule has 0 saturated carbocycles. The Morgan fingerprint density at radius 2 is 2.22 bits per heavy atom. The lowest BCUT2D eigenvalue weighted by molar-refractivity contribution is -0.692. The van der Waals surface area contributed by atoms with E-state index in [4.69, 9.17) is 0 Å². The van der Waals surface area contributed by atoms with Gasteiger partial charge in [-0.25, -0.2) is 0 Å². The Labute approximate surface area is 55.6 Å². The summed E-state index contributed by atoms with van der Waals surface area (Å²) in [5, 5.41) is 2.24. The summed E-state index contributed by atoms with van der Waals surface area (Å²) < 4.78 is 0. The van der Waals surface area contributed by atoms with Crippen LogP contribution in [-0.4, -0.2) is 18.4 Å². The molecule has 2 N–H and O–H groups in total. The van der Waals surface area contributed by atoms with Crippen molar-refractivity contribution in [1.29, 1.82) is 0 Å². The van der Waals surface area contributed by atoms with E-state index in [9.17, 15) is 4.79 Å². The van der Waals surface area contributed by atoms with E-state index in [0.29, 0.717) is 17.7 Å². The lowest BCUT2D eigenvalue weighted by Gasteiger charge is -2.19. The monoisotopic (exact) mass is 128 g/mol. The number of quaternary nitrogens is 1. The molecule has 9 heavy (non-hydrogen) atoms. The van der Waals surface area contributed by atoms with E-state index in [0.717, 1.165) is 13.0 Å². The molecule has 0 aromatic rings. The van der Waals surface area contributed by atoms with Crippen LogP contribution in [0.5, 0.6) is 0 Å². The number of rotatable bonds is 0. The first kappa shape index (κ1) is 6.75. The van der Waals surface area contributed by atoms with Gasteiger partial charge in [-0.2, -0.15) is 0 Å². The van der Waals surface area contributed by atoms with Crippen molar-refractivity contribution in [3.8, 4) is 0 Å². The van der Waals surface area contributed by atoms with Gasteiger partial charge in [0.2, 0.25) is 0 Å². The van der Waals surface area contributed by atoms with E-state index in [2.05, 4.69) is 12.2 Å². The molecule has 2 atom stereocenters. The normalized spacial score (nSPS) is 36.9. The quantitative estimate of drug-likeness (QED) is 0.471. The van der Waals surface area contributed by atoms with Crippen LogP contribution in [-0.2, 0) is 4.79 Å². The van der Waals surface area contributed by atoms with Gasteiger partial charge in [0, 0.05) is 0 Å². The molecule has 0 radical (unpaired) electrons. The molecule has 2 heteroatoms. The minimum absolute atomic E-state index is 0.293. The van der Waals surface area contributed by atoms with Crippen LogP contribution in [0.25, 0.3) is 0 Å². The third-order valence-electron chi connectivity index (χ3n) is 1.96. The largest absolute Gasteiger partial charge is 0.343 e. The van der Waals surface area contributed by atoms with Crippen LogP contribution in [0.1, 0.15) is 20.3 Å². The summed E-state index contributed by atoms with van der Waals surface area (Å²) in [4.78, 5) is 11.0. The van der Waals surface area contributed by atoms with Crippen LogP contribution in [0.2, 0.25) is 0 Å². The molecule has 52 valence electrons. The summed E-state index contributed by atoms with van der Waals surface area (Å²) in [6, 6.07) is 0.522. The lowest BCUT2D eigenvalue weighted by atomic mass is 9.96. The highest BCUT2D eigenvalue weighted by Gasteiger charge is 2.24. The molecule has 0 amide bonds. The van der Waals surface area contributed by atoms with Crippen molar-refractivity contribution in [2.24, 2.45) is 5.92 Å². The average Bonchev–Trinajstić information content (AvgIpc) is 1.80. The molecule has 1 rings (SSSR count). The van der Waals surface area contributed by atoms with Crippen LogP contribution >= 0.6 is 0 Å². The predicted octanol–water partition coefficient (Wildman–Crippen LogP) is -0.453. The number of nitrogens with two attached hydrogens (primary N) is 1. The fourth-order valence-corrected chi connectivity index (χ4v) is 1.17. The SMILES string of the molecule is C[C@H]1CC(=O)[C@@H](C)C[NH2+]1. The highest BCUT2D eigenvalue weighted by molar-refractivity contribution is 5.81. The molecule has 0 spiro atoms. The van der Waals surface area contributed by atoms with E-state index >= 15 is 0 Å². The Hall–Kier alpha value is -0.370. The maximum absolute atomic E-state index is 11.0. The number of ketones is 1. The molecule has 0 aromatic carbocycles. The van der Waals surface area contributed by atoms with Crippen molar-refractivity contribution in [2.75, 3.05) is 6.54 Å². The molecular weight excluding hydrogens is 114 g/mol. The number of carbonyl (C=O) groups is 1. The average molecular weight is 128 g/mol. The fraction of sp³-hybridized carbons (Fsp3) is 0.857. The number of Topliss-reactive ketones (excluding diaryl/α,β-unsaturated/α-hetero) is 1. The highest BCUT2D eigenvalue weighted by Crippen LogP contribution is 2.02. The number of piperidine rings is 1. The van der Waals surface area contributed by atoms with Gasteiger partial charge < -0.3 is 5.32 Å². The van der Waals surface area contributed by atoms with Crippen molar-refractivity contribution < 1.29 is 10.1 Å². The van der Waals surface area contributed by atoms with Gasteiger partial charge in [-0.05, 0) is 6.92 Å². The van der Waals surface area contributed by atoms with Gasteiger partial charge in [-0.3, -0.25) is 4.79 Å². The van der Waals surface area contributed by atoms with Crippen LogP contribution in [0, 0.1) is 5.92 Å². The van der Waals surface area contributed by atoms with Gasteiger partial charge in [0.25, 0.3) is 0 Å². The van der Waals surface area contributed by atoms with Crippen LogP contribution < -0.4 is 5.32 Å². The summed E-state index contributed by atoms with van der Waals surface area (Å²) in [6.07, 6.45) is 0.765. The van der Waals surface area contributed by atoms with Crippen molar-refractivity contribution >= 4 is 5.78 Å². The fourth-order valence-electron chi connectivity index (χ4n) is 1.17. The number of carbonyl (C=O) groups excluding carboxylic acids is 1. The molecule has 0 bridgehead atoms. The molecule has 0 aromatic heterocycles. The molecule has 2 nitrogen and oxygen atoms in total. The van der Waals surface area contributed by atoms with Gasteiger partial charge in [0.05, 0.1) is 24.9 Å². The smallest absolute Gasteiger partial charge is 0.147 e. The molecular formula is C7H14NO+. The first-order chi connectivity index (χ1) is 4.20. The summed E-state index contributed by atoms with van der Waals surface area (Å²) in [6.45, 7) is 5.09. The topological polar surface area (TPSA) is 33.7 Å². The van der Waals surface area contributed by atoms with Crippen molar-refractivity contribution in [3.63, 3.8) is 0 Å². The lowest BCUT2D eigenvalue weighted by Crippen LogP contribution is -2.92. The van der Waals surface area contributed by atoms with Gasteiger partial charge in [0.1, 0.15) is 5.78 Å². The zero-order valence-electron chi connectivity index (χ0n) is 6.05. The Kier molecular flexibility index (Phi) is 1.86. The predicted molar refractivity (Wildman–Crippen MR) is 35.0 cm³/mol. The maximum atomic E-state index is 11.0. The first-order valence-corrected chi connectivity index (χ1v) is 3.56. The first-order valence-electron chi connectivity index (χ1n) is 3.56. The van der Waals surface area contributed by atoms with Gasteiger partial charge in [0.15, 0.2) is 0 Å². The molecule has 1 aliphatic heterocycles. The second kappa shape index (κ2) is 2.48. The molecule has 1 fully saturated rings. The van der Waals surface area contributed by atoms with Crippen molar-refractivity contribution in [2.45, 2.75) is 26.3 Å². The summed E-state index contributed by atoms with van der Waals surface area (Å²) in [5.74, 6) is 0.728. The van der Waals surface area contributed by atoms with Gasteiger partial charge >= 0.3 is 0 Å². The Bertz CT molecular complexity index is 122. The second-order valence-electron chi connectivity index (χ2n) is 3.02. The van der Waals surface area contributed by atoms with Crippen molar-refractivity contribution in [1.82, 2.24) is 0 Å². The highest BCUT2D eigenvalue weighted by atomic mass is 16.1. The van der Waals surface area contributed by atoms with E-state index in [1.54, 1.807) is 0 Å². The number of hydrogen-bond acceptors (Lipinski definition) is 1. The van der Waals surface area contributed by atoms with Crippen LogP contribution in [0.15, 0.2) is 0 Å². The zero-order valence-corrected chi connectivity index (χ0v) is 6.05. The molecule has 0 unspecified atom stereocenters. The van der Waals surface area contributed by atoms with Crippen molar-refractivity contribution in [3.05, 3.63) is 0 Å². The van der Waals surface area contributed by atoms with Gasteiger partial charge in [-0.15, -0.1) is 0 Å². The minimum Gasteiger partial charge on any atom is -0.343 e. The van der Waals surface area contributed by atoms with E-state index in [1.165, 1.54) is 0 Å².